The zero-order chi connectivity index (χ0) is 20.0. The van der Waals surface area contributed by atoms with Gasteiger partial charge >= 0.3 is 0 Å². The Bertz CT molecular complexity index is 906. The zero-order valence-corrected chi connectivity index (χ0v) is 17.7. The summed E-state index contributed by atoms with van der Waals surface area (Å²) in [6.45, 7) is 4.73. The van der Waals surface area contributed by atoms with Crippen LogP contribution in [0.15, 0.2) is 18.2 Å². The Morgan fingerprint density at radius 2 is 2.11 bits per heavy atom. The second kappa shape index (κ2) is 7.32. The second-order valence-corrected chi connectivity index (χ2v) is 8.15. The Morgan fingerprint density at radius 1 is 1.36 bits per heavy atom. The molecule has 1 aliphatic heterocycles. The lowest BCUT2D eigenvalue weighted by atomic mass is 9.80. The topological polar surface area (TPSA) is 50.6 Å². The highest BCUT2D eigenvalue weighted by Crippen LogP contribution is 2.42. The first-order chi connectivity index (χ1) is 13.5. The van der Waals surface area contributed by atoms with Crippen LogP contribution in [-0.4, -0.2) is 41.2 Å². The Kier molecular flexibility index (Phi) is 5.00. The molecule has 1 unspecified atom stereocenters. The molecule has 1 fully saturated rings. The molecule has 6 nitrogen and oxygen atoms in total. The molecule has 1 saturated carbocycles. The Hall–Kier alpha value is -2.21. The van der Waals surface area contributed by atoms with Crippen LogP contribution in [-0.2, 0) is 6.42 Å². The van der Waals surface area contributed by atoms with Crippen molar-refractivity contribution in [3.8, 4) is 5.75 Å². The number of imidazole rings is 1. The zero-order valence-electron chi connectivity index (χ0n) is 16.9. The van der Waals surface area contributed by atoms with Crippen molar-refractivity contribution in [1.82, 2.24) is 14.5 Å². The molecule has 150 valence electrons. The van der Waals surface area contributed by atoms with Crippen molar-refractivity contribution < 1.29 is 9.53 Å². The third-order valence-corrected chi connectivity index (χ3v) is 6.43. The van der Waals surface area contributed by atoms with Gasteiger partial charge in [0.2, 0.25) is 0 Å². The fourth-order valence-electron chi connectivity index (χ4n) is 4.22. The first-order valence-corrected chi connectivity index (χ1v) is 10.3. The van der Waals surface area contributed by atoms with Gasteiger partial charge in [0.15, 0.2) is 11.5 Å². The molecule has 1 aliphatic carbocycles. The first kappa shape index (κ1) is 19.1. The van der Waals surface area contributed by atoms with Crippen molar-refractivity contribution >= 4 is 29.0 Å². The van der Waals surface area contributed by atoms with Gasteiger partial charge in [-0.05, 0) is 37.8 Å². The second-order valence-electron chi connectivity index (χ2n) is 7.75. The van der Waals surface area contributed by atoms with E-state index in [1.165, 1.54) is 19.3 Å². The van der Waals surface area contributed by atoms with E-state index in [0.29, 0.717) is 34.9 Å². The molecular weight excluding hydrogens is 376 g/mol. The van der Waals surface area contributed by atoms with Crippen molar-refractivity contribution in [3.05, 3.63) is 34.7 Å². The monoisotopic (exact) mass is 402 g/mol. The van der Waals surface area contributed by atoms with E-state index in [1.54, 1.807) is 18.1 Å². The number of benzene rings is 1. The number of halogens is 1. The Labute approximate surface area is 171 Å². The van der Waals surface area contributed by atoms with Gasteiger partial charge in [0.05, 0.1) is 24.5 Å². The number of fused-ring (bicyclic) bond motifs is 1. The van der Waals surface area contributed by atoms with Crippen LogP contribution in [0.2, 0.25) is 5.02 Å². The van der Waals surface area contributed by atoms with E-state index in [1.807, 2.05) is 24.1 Å². The molecule has 0 radical (unpaired) electrons. The number of amides is 1. The average molecular weight is 403 g/mol. The lowest BCUT2D eigenvalue weighted by Gasteiger charge is -2.37. The van der Waals surface area contributed by atoms with E-state index in [2.05, 4.69) is 18.4 Å². The lowest BCUT2D eigenvalue weighted by Crippen LogP contribution is -2.43. The minimum Gasteiger partial charge on any atom is -0.497 e. The summed E-state index contributed by atoms with van der Waals surface area (Å²) in [5, 5.41) is 0.577. The number of methoxy groups -OCH3 is 1. The smallest absolute Gasteiger partial charge is 0.275 e. The fourth-order valence-corrected chi connectivity index (χ4v) is 4.49. The summed E-state index contributed by atoms with van der Waals surface area (Å²) in [4.78, 5) is 21.8. The lowest BCUT2D eigenvalue weighted by molar-refractivity contribution is 0.0767. The Morgan fingerprint density at radius 3 is 2.68 bits per heavy atom. The van der Waals surface area contributed by atoms with Gasteiger partial charge in [-0.2, -0.15) is 0 Å². The molecule has 0 spiro atoms. The summed E-state index contributed by atoms with van der Waals surface area (Å²) in [6, 6.07) is 5.87. The summed E-state index contributed by atoms with van der Waals surface area (Å²) >= 11 is 6.56. The van der Waals surface area contributed by atoms with Crippen LogP contribution in [0.5, 0.6) is 5.75 Å². The van der Waals surface area contributed by atoms with Gasteiger partial charge in [-0.15, -0.1) is 0 Å². The maximum Gasteiger partial charge on any atom is 0.275 e. The number of hydrogen-bond donors (Lipinski definition) is 0. The van der Waals surface area contributed by atoms with E-state index in [-0.39, 0.29) is 11.9 Å². The van der Waals surface area contributed by atoms with Crippen LogP contribution in [0, 0.1) is 5.92 Å². The van der Waals surface area contributed by atoms with Crippen LogP contribution in [0.25, 0.3) is 0 Å². The van der Waals surface area contributed by atoms with Gasteiger partial charge in [0.25, 0.3) is 5.91 Å². The van der Waals surface area contributed by atoms with Gasteiger partial charge in [-0.3, -0.25) is 4.79 Å². The number of nitrogens with zero attached hydrogens (tertiary/aromatic N) is 4. The minimum absolute atomic E-state index is 0.0225. The van der Waals surface area contributed by atoms with Gasteiger partial charge < -0.3 is 19.1 Å². The molecule has 2 aromatic rings. The summed E-state index contributed by atoms with van der Waals surface area (Å²) < 4.78 is 7.46. The van der Waals surface area contributed by atoms with Crippen LogP contribution in [0.1, 0.15) is 55.5 Å². The Balaban J connectivity index is 1.85. The van der Waals surface area contributed by atoms with Crippen molar-refractivity contribution in [2.24, 2.45) is 5.92 Å². The normalized spacial score (nSPS) is 18.1. The highest BCUT2D eigenvalue weighted by Gasteiger charge is 2.38. The fraction of sp³-hybridized carbons (Fsp3) is 0.524. The minimum atomic E-state index is 0.0225. The molecule has 2 heterocycles. The molecule has 1 amide bonds. The van der Waals surface area contributed by atoms with Crippen LogP contribution < -0.4 is 9.64 Å². The highest BCUT2D eigenvalue weighted by atomic mass is 35.5. The summed E-state index contributed by atoms with van der Waals surface area (Å²) in [7, 11) is 3.44. The number of aryl methyl sites for hydroxylation is 1. The third kappa shape index (κ3) is 2.94. The maximum atomic E-state index is 13.1. The van der Waals surface area contributed by atoms with E-state index in [0.717, 1.165) is 17.9 Å². The van der Waals surface area contributed by atoms with E-state index in [9.17, 15) is 4.79 Å². The number of anilines is 2. The standard InChI is InChI=1S/C21H27ClN4O2/c1-5-18-23-20-19(26(18)13(2)14-7-6-8-14)21(27)24(3)12-25(20)17-10-9-15(28-4)11-16(17)22/h9-11,13-14H,5-8,12H2,1-4H3. The van der Waals surface area contributed by atoms with Crippen LogP contribution in [0.3, 0.4) is 0 Å². The van der Waals surface area contributed by atoms with Gasteiger partial charge in [-0.1, -0.05) is 24.9 Å². The predicted molar refractivity (Wildman–Crippen MR) is 111 cm³/mol. The van der Waals surface area contributed by atoms with Crippen LogP contribution in [0.4, 0.5) is 11.5 Å². The summed E-state index contributed by atoms with van der Waals surface area (Å²) in [5.74, 6) is 3.01. The number of hydrogen-bond acceptors (Lipinski definition) is 4. The predicted octanol–water partition coefficient (Wildman–Crippen LogP) is 4.65. The van der Waals surface area contributed by atoms with Crippen molar-refractivity contribution in [2.75, 3.05) is 25.7 Å². The molecular formula is C21H27ClN4O2. The number of carbonyl (C=O) groups is 1. The number of ether oxygens (including phenoxy) is 1. The average Bonchev–Trinajstić information content (AvgIpc) is 3.03. The SMILES string of the molecule is CCc1nc2c(n1C(C)C1CCC1)C(=O)N(C)CN2c1ccc(OC)cc1Cl. The highest BCUT2D eigenvalue weighted by molar-refractivity contribution is 6.33. The van der Waals surface area contributed by atoms with E-state index in [4.69, 9.17) is 21.3 Å². The molecule has 7 heteroatoms. The van der Waals surface area contributed by atoms with Crippen LogP contribution >= 0.6 is 11.6 Å². The first-order valence-electron chi connectivity index (χ1n) is 9.93. The number of aromatic nitrogens is 2. The quantitative estimate of drug-likeness (QED) is 0.730. The molecule has 1 aromatic carbocycles. The van der Waals surface area contributed by atoms with Crippen molar-refractivity contribution in [3.63, 3.8) is 0 Å². The molecule has 1 atom stereocenters. The van der Waals surface area contributed by atoms with E-state index >= 15 is 0 Å². The number of rotatable bonds is 5. The molecule has 4 rings (SSSR count). The molecule has 1 aromatic heterocycles. The van der Waals surface area contributed by atoms with Gasteiger partial charge in [0.1, 0.15) is 11.6 Å². The van der Waals surface area contributed by atoms with Crippen molar-refractivity contribution in [1.29, 1.82) is 0 Å². The van der Waals surface area contributed by atoms with Gasteiger partial charge in [0, 0.05) is 25.6 Å². The molecule has 0 bridgehead atoms. The third-order valence-electron chi connectivity index (χ3n) is 6.13. The molecule has 28 heavy (non-hydrogen) atoms. The summed E-state index contributed by atoms with van der Waals surface area (Å²) in [6.07, 6.45) is 4.49. The maximum absolute atomic E-state index is 13.1. The van der Waals surface area contributed by atoms with Gasteiger partial charge in [-0.25, -0.2) is 4.98 Å². The molecule has 2 aliphatic rings. The largest absolute Gasteiger partial charge is 0.497 e. The summed E-state index contributed by atoms with van der Waals surface area (Å²) in [5.41, 5.74) is 1.50. The van der Waals surface area contributed by atoms with Crippen molar-refractivity contribution in [2.45, 2.75) is 45.6 Å². The molecule has 0 N–H and O–H groups in total. The van der Waals surface area contributed by atoms with E-state index < -0.39 is 0 Å². The molecule has 0 saturated heterocycles. The number of carbonyl (C=O) groups excluding carboxylic acids is 1.